The molecule has 2 unspecified atom stereocenters. The first-order chi connectivity index (χ1) is 15.8. The van der Waals surface area contributed by atoms with Crippen LogP contribution in [0.1, 0.15) is 42.4 Å². The van der Waals surface area contributed by atoms with Gasteiger partial charge in [0.05, 0.1) is 24.5 Å². The number of hydrogen-bond donors (Lipinski definition) is 1. The van der Waals surface area contributed by atoms with Crippen LogP contribution in [0, 0.1) is 13.8 Å². The Morgan fingerprint density at radius 1 is 1.15 bits per heavy atom. The number of carbonyl (C=O) groups is 1. The fraction of sp³-hybridized carbons (Fsp3) is 0.360. The molecule has 2 aromatic heterocycles. The Morgan fingerprint density at radius 2 is 1.91 bits per heavy atom. The number of hydrogen-bond acceptors (Lipinski definition) is 7. The molecule has 0 aliphatic heterocycles. The van der Waals surface area contributed by atoms with E-state index in [0.717, 1.165) is 11.1 Å². The van der Waals surface area contributed by atoms with Crippen LogP contribution < -0.4 is 15.6 Å². The summed E-state index contributed by atoms with van der Waals surface area (Å²) in [4.78, 5) is 34.3. The normalized spacial score (nSPS) is 16.9. The summed E-state index contributed by atoms with van der Waals surface area (Å²) in [6.45, 7) is 7.48. The lowest BCUT2D eigenvalue weighted by Crippen LogP contribution is -2.32. The Labute approximate surface area is 192 Å². The predicted molar refractivity (Wildman–Crippen MR) is 125 cm³/mol. The van der Waals surface area contributed by atoms with Crippen LogP contribution in [0.15, 0.2) is 41.2 Å². The van der Waals surface area contributed by atoms with Crippen molar-refractivity contribution >= 4 is 11.8 Å². The van der Waals surface area contributed by atoms with Crippen molar-refractivity contribution in [2.45, 2.75) is 52.8 Å². The Bertz CT molecular complexity index is 1270. The van der Waals surface area contributed by atoms with E-state index < -0.39 is 0 Å². The smallest absolute Gasteiger partial charge is 0.302 e. The number of nitrogens with one attached hydrogen (secondary N) is 1. The number of pyridine rings is 1. The topological polar surface area (TPSA) is 95.3 Å². The van der Waals surface area contributed by atoms with E-state index in [0.29, 0.717) is 47.3 Å². The van der Waals surface area contributed by atoms with Crippen molar-refractivity contribution < 1.29 is 14.3 Å². The highest BCUT2D eigenvalue weighted by molar-refractivity contribution is 5.67. The molecule has 0 amide bonds. The van der Waals surface area contributed by atoms with Gasteiger partial charge in [0, 0.05) is 31.5 Å². The maximum atomic E-state index is 13.5. The average molecular weight is 449 g/mol. The number of methoxy groups -OCH3 is 1. The van der Waals surface area contributed by atoms with Crippen molar-refractivity contribution in [1.29, 1.82) is 0 Å². The van der Waals surface area contributed by atoms with Crippen molar-refractivity contribution in [1.82, 2.24) is 14.5 Å². The monoisotopic (exact) mass is 448 g/mol. The van der Waals surface area contributed by atoms with Crippen molar-refractivity contribution in [2.24, 2.45) is 0 Å². The number of carbonyl (C=O) groups excluding carboxylic acids is 1. The quantitative estimate of drug-likeness (QED) is 0.576. The molecule has 0 saturated carbocycles. The largest absolute Gasteiger partial charge is 0.481 e. The van der Waals surface area contributed by atoms with Gasteiger partial charge in [0.25, 0.3) is 5.56 Å². The molecule has 2 atom stereocenters. The molecule has 4 rings (SSSR count). The van der Waals surface area contributed by atoms with E-state index in [-0.39, 0.29) is 23.7 Å². The molecule has 0 bridgehead atoms. The van der Waals surface area contributed by atoms with Gasteiger partial charge in [0.1, 0.15) is 17.6 Å². The van der Waals surface area contributed by atoms with Crippen LogP contribution in [0.2, 0.25) is 0 Å². The van der Waals surface area contributed by atoms with Gasteiger partial charge >= 0.3 is 5.97 Å². The third kappa shape index (κ3) is 4.20. The van der Waals surface area contributed by atoms with Gasteiger partial charge in [-0.3, -0.25) is 14.2 Å². The summed E-state index contributed by atoms with van der Waals surface area (Å²) in [6, 6.07) is 11.2. The van der Waals surface area contributed by atoms with Gasteiger partial charge < -0.3 is 14.8 Å². The number of rotatable bonds is 6. The van der Waals surface area contributed by atoms with E-state index in [1.165, 1.54) is 6.92 Å². The molecule has 1 N–H and O–H groups in total. The van der Waals surface area contributed by atoms with E-state index in [2.05, 4.69) is 15.3 Å². The SMILES string of the molecule is CCn1c(NC2c3ccccc3CC2OC(C)=O)c(C)nc(-c2ccc(OC)nc2C)c1=O. The Morgan fingerprint density at radius 3 is 2.58 bits per heavy atom. The van der Waals surface area contributed by atoms with Gasteiger partial charge in [-0.05, 0) is 38.0 Å². The summed E-state index contributed by atoms with van der Waals surface area (Å²) in [7, 11) is 1.55. The third-order valence-electron chi connectivity index (χ3n) is 5.97. The molecular formula is C25H28N4O4. The molecule has 2 heterocycles. The second-order valence-corrected chi connectivity index (χ2v) is 8.10. The molecule has 0 radical (unpaired) electrons. The highest BCUT2D eigenvalue weighted by atomic mass is 16.5. The van der Waals surface area contributed by atoms with Crippen LogP contribution in [0.5, 0.6) is 5.88 Å². The van der Waals surface area contributed by atoms with Crippen molar-refractivity contribution in [3.05, 3.63) is 69.3 Å². The zero-order chi connectivity index (χ0) is 23.7. The van der Waals surface area contributed by atoms with Crippen molar-refractivity contribution in [3.63, 3.8) is 0 Å². The summed E-state index contributed by atoms with van der Waals surface area (Å²) < 4.78 is 12.5. The molecule has 8 nitrogen and oxygen atoms in total. The minimum absolute atomic E-state index is 0.212. The van der Waals surface area contributed by atoms with Gasteiger partial charge in [-0.2, -0.15) is 0 Å². The molecule has 1 aromatic carbocycles. The molecule has 172 valence electrons. The van der Waals surface area contributed by atoms with E-state index in [1.54, 1.807) is 23.8 Å². The van der Waals surface area contributed by atoms with E-state index >= 15 is 0 Å². The fourth-order valence-electron chi connectivity index (χ4n) is 4.45. The summed E-state index contributed by atoms with van der Waals surface area (Å²) in [5, 5.41) is 3.48. The fourth-order valence-corrected chi connectivity index (χ4v) is 4.45. The number of benzene rings is 1. The number of ether oxygens (including phenoxy) is 2. The second kappa shape index (κ2) is 9.05. The number of fused-ring (bicyclic) bond motifs is 1. The highest BCUT2D eigenvalue weighted by Crippen LogP contribution is 2.36. The van der Waals surface area contributed by atoms with Gasteiger partial charge in [-0.25, -0.2) is 9.97 Å². The number of esters is 1. The zero-order valence-corrected chi connectivity index (χ0v) is 19.5. The molecular weight excluding hydrogens is 420 g/mol. The minimum Gasteiger partial charge on any atom is -0.481 e. The van der Waals surface area contributed by atoms with Crippen LogP contribution in [-0.2, 0) is 22.5 Å². The number of aromatic nitrogens is 3. The Hall–Kier alpha value is -3.68. The third-order valence-corrected chi connectivity index (χ3v) is 5.97. The zero-order valence-electron chi connectivity index (χ0n) is 19.5. The number of anilines is 1. The van der Waals surface area contributed by atoms with Gasteiger partial charge in [-0.15, -0.1) is 0 Å². The van der Waals surface area contributed by atoms with E-state index in [1.807, 2.05) is 45.0 Å². The first kappa shape index (κ1) is 22.5. The molecule has 1 aliphatic rings. The van der Waals surface area contributed by atoms with Crippen LogP contribution in [0.25, 0.3) is 11.3 Å². The first-order valence-electron chi connectivity index (χ1n) is 11.0. The molecule has 8 heteroatoms. The van der Waals surface area contributed by atoms with Gasteiger partial charge in [-0.1, -0.05) is 24.3 Å². The number of aryl methyl sites for hydroxylation is 2. The average Bonchev–Trinajstić information content (AvgIpc) is 3.12. The summed E-state index contributed by atoms with van der Waals surface area (Å²) in [6.07, 6.45) is 0.248. The molecule has 33 heavy (non-hydrogen) atoms. The summed E-state index contributed by atoms with van der Waals surface area (Å²) in [5.74, 6) is 0.767. The van der Waals surface area contributed by atoms with E-state index in [4.69, 9.17) is 9.47 Å². The minimum atomic E-state index is -0.368. The van der Waals surface area contributed by atoms with Crippen LogP contribution in [0.3, 0.4) is 0 Å². The lowest BCUT2D eigenvalue weighted by Gasteiger charge is -2.25. The maximum absolute atomic E-state index is 13.5. The molecule has 0 saturated heterocycles. The van der Waals surface area contributed by atoms with Crippen molar-refractivity contribution in [2.75, 3.05) is 12.4 Å². The molecule has 1 aliphatic carbocycles. The van der Waals surface area contributed by atoms with Gasteiger partial charge in [0.15, 0.2) is 0 Å². The predicted octanol–water partition coefficient (Wildman–Crippen LogP) is 3.59. The van der Waals surface area contributed by atoms with E-state index in [9.17, 15) is 9.59 Å². The van der Waals surface area contributed by atoms with Crippen LogP contribution in [-0.4, -0.2) is 33.7 Å². The lowest BCUT2D eigenvalue weighted by atomic mass is 10.1. The molecule has 3 aromatic rings. The van der Waals surface area contributed by atoms with Crippen molar-refractivity contribution in [3.8, 4) is 17.1 Å². The summed E-state index contributed by atoms with van der Waals surface area (Å²) >= 11 is 0. The standard InChI is InChI=1S/C25H28N4O4/c1-6-29-24(28-22-19-10-8-7-9-17(19)13-20(22)33-16(4)30)15(3)27-23(25(29)31)18-11-12-21(32-5)26-14(18)2/h7-12,20,22,28H,6,13H2,1-5H3. The first-order valence-corrected chi connectivity index (χ1v) is 11.0. The van der Waals surface area contributed by atoms with Crippen LogP contribution >= 0.6 is 0 Å². The lowest BCUT2D eigenvalue weighted by molar-refractivity contribution is -0.146. The maximum Gasteiger partial charge on any atom is 0.302 e. The van der Waals surface area contributed by atoms with Gasteiger partial charge in [0.2, 0.25) is 5.88 Å². The molecule has 0 fully saturated rings. The van der Waals surface area contributed by atoms with Crippen LogP contribution in [0.4, 0.5) is 5.82 Å². The summed E-state index contributed by atoms with van der Waals surface area (Å²) in [5.41, 5.74) is 4.31. The number of nitrogens with zero attached hydrogens (tertiary/aromatic N) is 3. The second-order valence-electron chi connectivity index (χ2n) is 8.10. The Balaban J connectivity index is 1.78. The molecule has 0 spiro atoms. The Kier molecular flexibility index (Phi) is 6.18. The highest BCUT2D eigenvalue weighted by Gasteiger charge is 2.35.